The van der Waals surface area contributed by atoms with E-state index in [1.54, 1.807) is 11.3 Å². The van der Waals surface area contributed by atoms with E-state index < -0.39 is 0 Å². The molecule has 0 aromatic carbocycles. The number of aromatic nitrogens is 1. The predicted molar refractivity (Wildman–Crippen MR) is 81.5 cm³/mol. The number of aryl methyl sites for hydroxylation is 2. The molecule has 2 aromatic rings. The maximum absolute atomic E-state index is 12.5. The third kappa shape index (κ3) is 3.16. The minimum Gasteiger partial charge on any atom is -0.466 e. The van der Waals surface area contributed by atoms with Gasteiger partial charge in [0.15, 0.2) is 0 Å². The highest BCUT2D eigenvalue weighted by Crippen LogP contribution is 2.17. The standard InChI is InChI=1S/C15H19N3O2S/c1-11-7-14(12(2)20-11)15(19)18-5-3-17(4-6-18)8-13-9-21-10-16-13/h7,9-10H,3-6,8H2,1-2H3. The molecule has 1 amide bonds. The number of rotatable bonds is 3. The smallest absolute Gasteiger partial charge is 0.257 e. The van der Waals surface area contributed by atoms with Crippen molar-refractivity contribution in [3.05, 3.63) is 39.7 Å². The molecule has 0 saturated carbocycles. The number of hydrogen-bond donors (Lipinski definition) is 0. The van der Waals surface area contributed by atoms with Crippen LogP contribution in [-0.2, 0) is 6.54 Å². The van der Waals surface area contributed by atoms with Crippen molar-refractivity contribution in [1.82, 2.24) is 14.8 Å². The summed E-state index contributed by atoms with van der Waals surface area (Å²) < 4.78 is 5.45. The number of carbonyl (C=O) groups is 1. The van der Waals surface area contributed by atoms with Gasteiger partial charge >= 0.3 is 0 Å². The fourth-order valence-corrected chi connectivity index (χ4v) is 3.22. The van der Waals surface area contributed by atoms with E-state index in [2.05, 4.69) is 15.3 Å². The van der Waals surface area contributed by atoms with Crippen molar-refractivity contribution in [2.45, 2.75) is 20.4 Å². The Kier molecular flexibility index (Phi) is 4.07. The summed E-state index contributed by atoms with van der Waals surface area (Å²) in [6, 6.07) is 1.83. The van der Waals surface area contributed by atoms with Crippen LogP contribution in [0.25, 0.3) is 0 Å². The highest BCUT2D eigenvalue weighted by molar-refractivity contribution is 7.07. The molecule has 6 heteroatoms. The minimum absolute atomic E-state index is 0.0812. The highest BCUT2D eigenvalue weighted by atomic mass is 32.1. The average Bonchev–Trinajstić information content (AvgIpc) is 3.08. The van der Waals surface area contributed by atoms with E-state index >= 15 is 0 Å². The zero-order valence-electron chi connectivity index (χ0n) is 12.3. The normalized spacial score (nSPS) is 16.4. The predicted octanol–water partition coefficient (Wildman–Crippen LogP) is 2.31. The van der Waals surface area contributed by atoms with Crippen LogP contribution >= 0.6 is 11.3 Å². The molecule has 0 N–H and O–H groups in total. The van der Waals surface area contributed by atoms with Gasteiger partial charge in [-0.1, -0.05) is 0 Å². The first-order valence-electron chi connectivity index (χ1n) is 7.09. The molecule has 0 bridgehead atoms. The molecule has 2 aromatic heterocycles. The monoisotopic (exact) mass is 305 g/mol. The molecular formula is C15H19N3O2S. The molecule has 0 radical (unpaired) electrons. The molecule has 0 aliphatic carbocycles. The van der Waals surface area contributed by atoms with Crippen LogP contribution in [0.15, 0.2) is 21.4 Å². The molecule has 0 atom stereocenters. The largest absolute Gasteiger partial charge is 0.466 e. The van der Waals surface area contributed by atoms with Gasteiger partial charge in [-0.25, -0.2) is 4.98 Å². The van der Waals surface area contributed by atoms with E-state index in [9.17, 15) is 4.79 Å². The number of piperazine rings is 1. The summed E-state index contributed by atoms with van der Waals surface area (Å²) in [7, 11) is 0. The Labute approximate surface area is 128 Å². The van der Waals surface area contributed by atoms with Gasteiger partial charge in [-0.15, -0.1) is 11.3 Å². The second-order valence-electron chi connectivity index (χ2n) is 5.38. The van der Waals surface area contributed by atoms with Gasteiger partial charge in [0.05, 0.1) is 16.8 Å². The van der Waals surface area contributed by atoms with E-state index in [1.807, 2.05) is 30.3 Å². The van der Waals surface area contributed by atoms with Crippen molar-refractivity contribution in [2.24, 2.45) is 0 Å². The van der Waals surface area contributed by atoms with Crippen molar-refractivity contribution in [3.8, 4) is 0 Å². The molecule has 0 unspecified atom stereocenters. The van der Waals surface area contributed by atoms with Crippen molar-refractivity contribution >= 4 is 17.2 Å². The maximum atomic E-state index is 12.5. The topological polar surface area (TPSA) is 49.6 Å². The second kappa shape index (κ2) is 5.99. The third-order valence-electron chi connectivity index (χ3n) is 3.80. The molecule has 3 heterocycles. The van der Waals surface area contributed by atoms with Gasteiger partial charge in [0.2, 0.25) is 0 Å². The van der Waals surface area contributed by atoms with Crippen molar-refractivity contribution in [2.75, 3.05) is 26.2 Å². The number of furan rings is 1. The van der Waals surface area contributed by atoms with Crippen molar-refractivity contribution in [3.63, 3.8) is 0 Å². The molecule has 1 saturated heterocycles. The van der Waals surface area contributed by atoms with Crippen LogP contribution in [-0.4, -0.2) is 46.9 Å². The fraction of sp³-hybridized carbons (Fsp3) is 0.467. The Hall–Kier alpha value is -1.66. The third-order valence-corrected chi connectivity index (χ3v) is 4.44. The van der Waals surface area contributed by atoms with Crippen LogP contribution in [0.4, 0.5) is 0 Å². The number of amides is 1. The van der Waals surface area contributed by atoms with Gasteiger partial charge in [0.25, 0.3) is 5.91 Å². The molecule has 3 rings (SSSR count). The van der Waals surface area contributed by atoms with Crippen LogP contribution < -0.4 is 0 Å². The number of carbonyl (C=O) groups excluding carboxylic acids is 1. The molecule has 21 heavy (non-hydrogen) atoms. The summed E-state index contributed by atoms with van der Waals surface area (Å²) in [4.78, 5) is 21.1. The van der Waals surface area contributed by atoms with E-state index in [1.165, 1.54) is 0 Å². The highest BCUT2D eigenvalue weighted by Gasteiger charge is 2.24. The van der Waals surface area contributed by atoms with Gasteiger partial charge < -0.3 is 9.32 Å². The lowest BCUT2D eigenvalue weighted by molar-refractivity contribution is 0.0625. The zero-order chi connectivity index (χ0) is 14.8. The van der Waals surface area contributed by atoms with E-state index in [4.69, 9.17) is 4.42 Å². The first-order chi connectivity index (χ1) is 10.1. The second-order valence-corrected chi connectivity index (χ2v) is 6.09. The van der Waals surface area contributed by atoms with Crippen LogP contribution in [0.3, 0.4) is 0 Å². The summed E-state index contributed by atoms with van der Waals surface area (Å²) in [5.41, 5.74) is 3.67. The Bertz CT molecular complexity index is 613. The molecule has 5 nitrogen and oxygen atoms in total. The summed E-state index contributed by atoms with van der Waals surface area (Å²) in [6.45, 7) is 7.88. The van der Waals surface area contributed by atoms with Crippen LogP contribution in [0.5, 0.6) is 0 Å². The molecule has 1 fully saturated rings. The van der Waals surface area contributed by atoms with Crippen molar-refractivity contribution < 1.29 is 9.21 Å². The number of thiazole rings is 1. The van der Waals surface area contributed by atoms with Gasteiger partial charge in [-0.3, -0.25) is 9.69 Å². The van der Waals surface area contributed by atoms with Gasteiger partial charge in [-0.05, 0) is 19.9 Å². The Balaban J connectivity index is 1.58. The van der Waals surface area contributed by atoms with E-state index in [-0.39, 0.29) is 5.91 Å². The zero-order valence-corrected chi connectivity index (χ0v) is 13.2. The van der Waals surface area contributed by atoms with Crippen LogP contribution in [0, 0.1) is 13.8 Å². The van der Waals surface area contributed by atoms with E-state index in [0.717, 1.165) is 44.2 Å². The lowest BCUT2D eigenvalue weighted by atomic mass is 10.2. The molecule has 1 aliphatic rings. The number of nitrogens with zero attached hydrogens (tertiary/aromatic N) is 3. The van der Waals surface area contributed by atoms with Crippen LogP contribution in [0.2, 0.25) is 0 Å². The SMILES string of the molecule is Cc1cc(C(=O)N2CCN(Cc3cscn3)CC2)c(C)o1. The lowest BCUT2D eigenvalue weighted by Gasteiger charge is -2.34. The average molecular weight is 305 g/mol. The first kappa shape index (κ1) is 14.3. The summed E-state index contributed by atoms with van der Waals surface area (Å²) in [5, 5.41) is 2.08. The Morgan fingerprint density at radius 2 is 2.10 bits per heavy atom. The number of hydrogen-bond acceptors (Lipinski definition) is 5. The fourth-order valence-electron chi connectivity index (χ4n) is 2.67. The summed E-state index contributed by atoms with van der Waals surface area (Å²) in [5.74, 6) is 1.58. The van der Waals surface area contributed by atoms with Gasteiger partial charge in [0.1, 0.15) is 11.5 Å². The molecule has 1 aliphatic heterocycles. The summed E-state index contributed by atoms with van der Waals surface area (Å²) in [6.07, 6.45) is 0. The Morgan fingerprint density at radius 1 is 1.33 bits per heavy atom. The molecule has 112 valence electrons. The van der Waals surface area contributed by atoms with Crippen LogP contribution in [0.1, 0.15) is 27.6 Å². The minimum atomic E-state index is 0.0812. The maximum Gasteiger partial charge on any atom is 0.257 e. The summed E-state index contributed by atoms with van der Waals surface area (Å²) >= 11 is 1.62. The quantitative estimate of drug-likeness (QED) is 0.873. The molecule has 0 spiro atoms. The Morgan fingerprint density at radius 3 is 2.67 bits per heavy atom. The lowest BCUT2D eigenvalue weighted by Crippen LogP contribution is -2.48. The molecular weight excluding hydrogens is 286 g/mol. The van der Waals surface area contributed by atoms with Gasteiger partial charge in [-0.2, -0.15) is 0 Å². The van der Waals surface area contributed by atoms with Gasteiger partial charge in [0, 0.05) is 38.1 Å². The van der Waals surface area contributed by atoms with Crippen molar-refractivity contribution in [1.29, 1.82) is 0 Å². The first-order valence-corrected chi connectivity index (χ1v) is 8.03. The van der Waals surface area contributed by atoms with E-state index in [0.29, 0.717) is 11.3 Å².